The molecule has 0 aromatic carbocycles. The van der Waals surface area contributed by atoms with Gasteiger partial charge in [-0.05, 0) is 60.0 Å². The lowest BCUT2D eigenvalue weighted by Crippen LogP contribution is -2.41. The van der Waals surface area contributed by atoms with E-state index in [-0.39, 0.29) is 0 Å². The van der Waals surface area contributed by atoms with Gasteiger partial charge in [-0.2, -0.15) is 5.10 Å². The van der Waals surface area contributed by atoms with Gasteiger partial charge in [0.15, 0.2) is 5.11 Å². The monoisotopic (exact) mass is 359 g/mol. The maximum absolute atomic E-state index is 5.27. The Hall–Kier alpha value is -0.460. The number of nitrogens with one attached hydrogen (secondary N) is 2. The van der Waals surface area contributed by atoms with Crippen LogP contribution >= 0.6 is 39.5 Å². The van der Waals surface area contributed by atoms with E-state index in [0.717, 1.165) is 14.4 Å². The highest BCUT2D eigenvalue weighted by Gasteiger charge is 2.13. The van der Waals surface area contributed by atoms with Gasteiger partial charge in [0.25, 0.3) is 0 Å². The molecule has 1 fully saturated rings. The fourth-order valence-electron chi connectivity index (χ4n) is 2.16. The largest absolute Gasteiger partial charge is 0.359 e. The second-order valence-corrected chi connectivity index (χ2v) is 7.59. The molecular formula is C13H18BrN3S2. The third kappa shape index (κ3) is 4.85. The number of thiophene rings is 1. The van der Waals surface area contributed by atoms with Crippen LogP contribution in [0.2, 0.25) is 0 Å². The van der Waals surface area contributed by atoms with Crippen LogP contribution in [0.15, 0.2) is 21.0 Å². The number of rotatable bonds is 3. The van der Waals surface area contributed by atoms with E-state index < -0.39 is 0 Å². The zero-order valence-corrected chi connectivity index (χ0v) is 14.1. The average molecular weight is 360 g/mol. The molecule has 0 atom stereocenters. The second kappa shape index (κ2) is 7.36. The van der Waals surface area contributed by atoms with E-state index in [2.05, 4.69) is 31.8 Å². The molecule has 1 aliphatic carbocycles. The number of halogens is 1. The van der Waals surface area contributed by atoms with E-state index in [4.69, 9.17) is 12.2 Å². The van der Waals surface area contributed by atoms with E-state index >= 15 is 0 Å². The van der Waals surface area contributed by atoms with Crippen LogP contribution in [-0.4, -0.2) is 16.9 Å². The summed E-state index contributed by atoms with van der Waals surface area (Å²) in [6.07, 6.45) is 6.37. The highest BCUT2D eigenvalue weighted by Crippen LogP contribution is 2.22. The number of thiocarbonyl (C=S) groups is 1. The SMILES string of the molecule is C/C(=N/NC(=S)NC1CCCCC1)c1ccc(Br)s1. The quantitative estimate of drug-likeness (QED) is 0.485. The molecule has 104 valence electrons. The van der Waals surface area contributed by atoms with Gasteiger partial charge in [-0.3, -0.25) is 5.43 Å². The summed E-state index contributed by atoms with van der Waals surface area (Å²) < 4.78 is 1.11. The standard InChI is InChI=1S/C13H18BrN3S2/c1-9(11-7-8-12(14)19-11)16-17-13(18)15-10-5-3-2-4-6-10/h7-8,10H,2-6H2,1H3,(H2,15,17,18)/b16-9-. The minimum absolute atomic E-state index is 0.514. The van der Waals surface area contributed by atoms with Crippen LogP contribution < -0.4 is 10.7 Å². The lowest BCUT2D eigenvalue weighted by Gasteiger charge is -2.23. The Kier molecular flexibility index (Phi) is 5.78. The van der Waals surface area contributed by atoms with Gasteiger partial charge in [0.05, 0.1) is 14.4 Å². The summed E-state index contributed by atoms with van der Waals surface area (Å²) in [7, 11) is 0. The fourth-order valence-corrected chi connectivity index (χ4v) is 3.71. The van der Waals surface area contributed by atoms with Crippen molar-refractivity contribution in [2.75, 3.05) is 0 Å². The Bertz CT molecular complexity index is 464. The fraction of sp³-hybridized carbons (Fsp3) is 0.538. The Balaban J connectivity index is 1.81. The Morgan fingerprint density at radius 2 is 2.11 bits per heavy atom. The summed E-state index contributed by atoms with van der Waals surface area (Å²) in [6.45, 7) is 1.98. The van der Waals surface area contributed by atoms with Crippen LogP contribution in [0.3, 0.4) is 0 Å². The molecule has 2 N–H and O–H groups in total. The Labute approximate surface area is 132 Å². The number of hydrazone groups is 1. The molecule has 0 saturated heterocycles. The molecule has 1 heterocycles. The smallest absolute Gasteiger partial charge is 0.187 e. The average Bonchev–Trinajstić information content (AvgIpc) is 2.84. The molecule has 1 aliphatic rings. The molecule has 6 heteroatoms. The van der Waals surface area contributed by atoms with Gasteiger partial charge in [-0.1, -0.05) is 19.3 Å². The highest BCUT2D eigenvalue weighted by atomic mass is 79.9. The number of hydrogen-bond acceptors (Lipinski definition) is 3. The molecule has 3 nitrogen and oxygen atoms in total. The predicted octanol–water partition coefficient (Wildman–Crippen LogP) is 4.03. The van der Waals surface area contributed by atoms with Crippen molar-refractivity contribution in [3.63, 3.8) is 0 Å². The van der Waals surface area contributed by atoms with Crippen molar-refractivity contribution in [1.82, 2.24) is 10.7 Å². The van der Waals surface area contributed by atoms with E-state index in [1.165, 1.54) is 32.1 Å². The van der Waals surface area contributed by atoms with Gasteiger partial charge in [0, 0.05) is 6.04 Å². The van der Waals surface area contributed by atoms with Crippen LogP contribution in [0.5, 0.6) is 0 Å². The second-order valence-electron chi connectivity index (χ2n) is 4.72. The summed E-state index contributed by atoms with van der Waals surface area (Å²) in [5, 5.41) is 8.29. The third-order valence-corrected chi connectivity index (χ3v) is 5.14. The zero-order valence-electron chi connectivity index (χ0n) is 10.9. The Morgan fingerprint density at radius 3 is 2.74 bits per heavy atom. The molecule has 0 aliphatic heterocycles. The molecule has 0 amide bonds. The highest BCUT2D eigenvalue weighted by molar-refractivity contribution is 9.11. The first-order chi connectivity index (χ1) is 9.15. The zero-order chi connectivity index (χ0) is 13.7. The van der Waals surface area contributed by atoms with Crippen LogP contribution in [0.25, 0.3) is 0 Å². The maximum Gasteiger partial charge on any atom is 0.187 e. The summed E-state index contributed by atoms with van der Waals surface area (Å²) in [6, 6.07) is 4.59. The summed E-state index contributed by atoms with van der Waals surface area (Å²) in [4.78, 5) is 1.14. The van der Waals surface area contributed by atoms with Gasteiger partial charge in [0.1, 0.15) is 0 Å². The summed E-state index contributed by atoms with van der Waals surface area (Å²) >= 11 is 10.4. The lowest BCUT2D eigenvalue weighted by molar-refractivity contribution is 0.412. The number of nitrogens with zero attached hydrogens (tertiary/aromatic N) is 1. The van der Waals surface area contributed by atoms with Crippen molar-refractivity contribution in [1.29, 1.82) is 0 Å². The van der Waals surface area contributed by atoms with E-state index in [1.807, 2.05) is 19.1 Å². The maximum atomic E-state index is 5.27. The third-order valence-electron chi connectivity index (χ3n) is 3.20. The molecule has 2 rings (SSSR count). The van der Waals surface area contributed by atoms with Crippen molar-refractivity contribution in [3.8, 4) is 0 Å². The van der Waals surface area contributed by atoms with Gasteiger partial charge < -0.3 is 5.32 Å². The van der Waals surface area contributed by atoms with E-state index in [9.17, 15) is 0 Å². The minimum atomic E-state index is 0.514. The molecule has 0 radical (unpaired) electrons. The molecule has 1 saturated carbocycles. The van der Waals surface area contributed by atoms with Gasteiger partial charge in [-0.25, -0.2) is 0 Å². The first kappa shape index (κ1) is 14.9. The van der Waals surface area contributed by atoms with Gasteiger partial charge >= 0.3 is 0 Å². The van der Waals surface area contributed by atoms with E-state index in [0.29, 0.717) is 11.2 Å². The first-order valence-corrected chi connectivity index (χ1v) is 8.53. The van der Waals surface area contributed by atoms with Crippen LogP contribution in [0, 0.1) is 0 Å². The predicted molar refractivity (Wildman–Crippen MR) is 90.0 cm³/mol. The lowest BCUT2D eigenvalue weighted by atomic mass is 9.96. The molecular weight excluding hydrogens is 342 g/mol. The van der Waals surface area contributed by atoms with Crippen molar-refractivity contribution in [2.24, 2.45) is 5.10 Å². The van der Waals surface area contributed by atoms with Crippen molar-refractivity contribution in [3.05, 3.63) is 20.8 Å². The Morgan fingerprint density at radius 1 is 1.37 bits per heavy atom. The molecule has 0 spiro atoms. The molecule has 19 heavy (non-hydrogen) atoms. The number of hydrogen-bond donors (Lipinski definition) is 2. The van der Waals surface area contributed by atoms with Crippen molar-refractivity contribution >= 4 is 50.3 Å². The normalized spacial score (nSPS) is 17.3. The van der Waals surface area contributed by atoms with Crippen molar-refractivity contribution < 1.29 is 0 Å². The van der Waals surface area contributed by atoms with Crippen LogP contribution in [0.4, 0.5) is 0 Å². The summed E-state index contributed by atoms with van der Waals surface area (Å²) in [5.41, 5.74) is 3.88. The van der Waals surface area contributed by atoms with E-state index in [1.54, 1.807) is 11.3 Å². The topological polar surface area (TPSA) is 36.4 Å². The first-order valence-electron chi connectivity index (χ1n) is 6.51. The summed E-state index contributed by atoms with van der Waals surface area (Å²) in [5.74, 6) is 0. The van der Waals surface area contributed by atoms with Gasteiger partial charge in [-0.15, -0.1) is 11.3 Å². The van der Waals surface area contributed by atoms with Crippen LogP contribution in [0.1, 0.15) is 43.9 Å². The van der Waals surface area contributed by atoms with Crippen LogP contribution in [-0.2, 0) is 0 Å². The molecule has 1 aromatic heterocycles. The molecule has 0 unspecified atom stereocenters. The van der Waals surface area contributed by atoms with Gasteiger partial charge in [0.2, 0.25) is 0 Å². The molecule has 0 bridgehead atoms. The van der Waals surface area contributed by atoms with Crippen molar-refractivity contribution in [2.45, 2.75) is 45.1 Å². The minimum Gasteiger partial charge on any atom is -0.359 e. The molecule has 1 aromatic rings.